The Morgan fingerprint density at radius 3 is 2.73 bits per heavy atom. The number of halogens is 2. The largest absolute Gasteiger partial charge is 0.374 e. The van der Waals surface area contributed by atoms with E-state index >= 15 is 0 Å². The van der Waals surface area contributed by atoms with E-state index < -0.39 is 10.7 Å². The fraction of sp³-hybridized carbons (Fsp3) is 0.333. The van der Waals surface area contributed by atoms with E-state index in [9.17, 15) is 14.5 Å². The van der Waals surface area contributed by atoms with E-state index in [1.165, 1.54) is 12.1 Å². The molecule has 0 bridgehead atoms. The monoisotopic (exact) mass is 230 g/mol. The van der Waals surface area contributed by atoms with Crippen molar-refractivity contribution in [2.75, 3.05) is 5.32 Å². The first-order valence-corrected chi connectivity index (χ1v) is 4.86. The van der Waals surface area contributed by atoms with Gasteiger partial charge in [-0.3, -0.25) is 10.1 Å². The molecule has 1 fully saturated rings. The summed E-state index contributed by atoms with van der Waals surface area (Å²) >= 11 is 5.56. The summed E-state index contributed by atoms with van der Waals surface area (Å²) in [6.07, 6.45) is 1.81. The third kappa shape index (κ3) is 2.02. The van der Waals surface area contributed by atoms with E-state index in [-0.39, 0.29) is 22.4 Å². The molecule has 0 saturated heterocycles. The first-order valence-electron chi connectivity index (χ1n) is 4.48. The highest BCUT2D eigenvalue weighted by Gasteiger charge is 2.28. The summed E-state index contributed by atoms with van der Waals surface area (Å²) < 4.78 is 13.5. The van der Waals surface area contributed by atoms with Crippen molar-refractivity contribution in [2.45, 2.75) is 18.9 Å². The van der Waals surface area contributed by atoms with E-state index in [2.05, 4.69) is 5.32 Å². The fourth-order valence-corrected chi connectivity index (χ4v) is 1.42. The second-order valence-corrected chi connectivity index (χ2v) is 3.84. The lowest BCUT2D eigenvalue weighted by Gasteiger charge is -2.07. The second-order valence-electron chi connectivity index (χ2n) is 3.43. The van der Waals surface area contributed by atoms with Crippen LogP contribution in [0.4, 0.5) is 15.8 Å². The van der Waals surface area contributed by atoms with Crippen LogP contribution in [0.2, 0.25) is 5.02 Å². The second kappa shape index (κ2) is 3.66. The highest BCUT2D eigenvalue weighted by atomic mass is 35.5. The van der Waals surface area contributed by atoms with Crippen molar-refractivity contribution in [3.05, 3.63) is 33.1 Å². The molecule has 0 aliphatic heterocycles. The molecule has 0 spiro atoms. The maximum Gasteiger partial charge on any atom is 0.295 e. The van der Waals surface area contributed by atoms with Crippen LogP contribution in [0.25, 0.3) is 0 Å². The smallest absolute Gasteiger partial charge is 0.295 e. The molecule has 0 atom stereocenters. The van der Waals surface area contributed by atoms with Gasteiger partial charge in [-0.15, -0.1) is 0 Å². The Labute approximate surface area is 90.2 Å². The van der Waals surface area contributed by atoms with Crippen molar-refractivity contribution in [1.29, 1.82) is 0 Å². The molecule has 0 heterocycles. The van der Waals surface area contributed by atoms with E-state index in [0.29, 0.717) is 0 Å². The van der Waals surface area contributed by atoms with Gasteiger partial charge in [-0.1, -0.05) is 11.6 Å². The Morgan fingerprint density at radius 2 is 2.20 bits per heavy atom. The number of nitro groups is 1. The quantitative estimate of drug-likeness (QED) is 0.642. The van der Waals surface area contributed by atoms with Gasteiger partial charge in [0, 0.05) is 12.1 Å². The highest BCUT2D eigenvalue weighted by molar-refractivity contribution is 6.31. The molecule has 1 aliphatic carbocycles. The first kappa shape index (κ1) is 10.2. The summed E-state index contributed by atoms with van der Waals surface area (Å²) in [4.78, 5) is 10.0. The van der Waals surface area contributed by atoms with Gasteiger partial charge in [0.15, 0.2) is 11.5 Å². The topological polar surface area (TPSA) is 55.2 Å². The minimum absolute atomic E-state index is 0.102. The molecule has 0 unspecified atom stereocenters. The molecular weight excluding hydrogens is 223 g/mol. The third-order valence-electron chi connectivity index (χ3n) is 2.20. The van der Waals surface area contributed by atoms with Crippen LogP contribution in [0.15, 0.2) is 12.1 Å². The Balaban J connectivity index is 2.44. The molecule has 80 valence electrons. The van der Waals surface area contributed by atoms with E-state index in [4.69, 9.17) is 11.6 Å². The van der Waals surface area contributed by atoms with E-state index in [0.717, 1.165) is 12.8 Å². The first-order chi connectivity index (χ1) is 7.09. The van der Waals surface area contributed by atoms with Gasteiger partial charge in [0.1, 0.15) is 0 Å². The number of nitrogens with one attached hydrogen (secondary N) is 1. The van der Waals surface area contributed by atoms with Gasteiger partial charge < -0.3 is 5.32 Å². The van der Waals surface area contributed by atoms with Crippen molar-refractivity contribution >= 4 is 23.0 Å². The number of benzene rings is 1. The highest BCUT2D eigenvalue weighted by Crippen LogP contribution is 2.35. The molecule has 15 heavy (non-hydrogen) atoms. The van der Waals surface area contributed by atoms with Crippen LogP contribution in [0.5, 0.6) is 0 Å². The van der Waals surface area contributed by atoms with Crippen LogP contribution in [-0.2, 0) is 0 Å². The number of hydrogen-bond donors (Lipinski definition) is 1. The number of nitro benzene ring substituents is 1. The predicted molar refractivity (Wildman–Crippen MR) is 54.7 cm³/mol. The molecule has 0 amide bonds. The van der Waals surface area contributed by atoms with Crippen LogP contribution in [0.3, 0.4) is 0 Å². The lowest BCUT2D eigenvalue weighted by atomic mass is 10.2. The summed E-state index contributed by atoms with van der Waals surface area (Å²) in [5.74, 6) is -0.752. The van der Waals surface area contributed by atoms with Crippen LogP contribution in [0.1, 0.15) is 12.8 Å². The lowest BCUT2D eigenvalue weighted by molar-refractivity contribution is -0.384. The van der Waals surface area contributed by atoms with Crippen molar-refractivity contribution in [3.63, 3.8) is 0 Å². The molecular formula is C9H8ClFN2O2. The number of nitrogens with zero attached hydrogens (tertiary/aromatic N) is 1. The molecule has 1 N–H and O–H groups in total. The van der Waals surface area contributed by atoms with Crippen LogP contribution in [-0.4, -0.2) is 11.0 Å². The molecule has 0 aromatic heterocycles. The van der Waals surface area contributed by atoms with Gasteiger partial charge in [-0.25, -0.2) is 4.39 Å². The number of rotatable bonds is 3. The lowest BCUT2D eigenvalue weighted by Crippen LogP contribution is -2.06. The Kier molecular flexibility index (Phi) is 2.48. The minimum Gasteiger partial charge on any atom is -0.374 e. The molecule has 4 nitrogen and oxygen atoms in total. The van der Waals surface area contributed by atoms with Gasteiger partial charge in [0.05, 0.1) is 9.95 Å². The van der Waals surface area contributed by atoms with Crippen molar-refractivity contribution in [1.82, 2.24) is 0 Å². The third-order valence-corrected chi connectivity index (χ3v) is 2.49. The fourth-order valence-electron chi connectivity index (χ4n) is 1.26. The SMILES string of the molecule is O=[N+]([O-])c1ccc(Cl)c(F)c1NC1CC1. The molecule has 1 aromatic carbocycles. The molecule has 1 aromatic rings. The van der Waals surface area contributed by atoms with Crippen molar-refractivity contribution < 1.29 is 9.31 Å². The summed E-state index contributed by atoms with van der Waals surface area (Å²) in [6.45, 7) is 0. The summed E-state index contributed by atoms with van der Waals surface area (Å²) in [5, 5.41) is 13.3. The van der Waals surface area contributed by atoms with Gasteiger partial charge in [-0.05, 0) is 18.9 Å². The predicted octanol–water partition coefficient (Wildman–Crippen LogP) is 2.96. The molecule has 6 heteroatoms. The van der Waals surface area contributed by atoms with Gasteiger partial charge in [0.25, 0.3) is 5.69 Å². The minimum atomic E-state index is -0.752. The summed E-state index contributed by atoms with van der Waals surface area (Å²) in [5.41, 5.74) is -0.376. The molecule has 0 radical (unpaired) electrons. The van der Waals surface area contributed by atoms with Crippen molar-refractivity contribution in [2.24, 2.45) is 0 Å². The molecule has 2 rings (SSSR count). The average Bonchev–Trinajstić information content (AvgIpc) is 2.96. The molecule has 1 saturated carbocycles. The Hall–Kier alpha value is -1.36. The summed E-state index contributed by atoms with van der Waals surface area (Å²) in [7, 11) is 0. The maximum absolute atomic E-state index is 13.5. The Bertz CT molecular complexity index is 421. The Morgan fingerprint density at radius 1 is 1.53 bits per heavy atom. The molecule has 1 aliphatic rings. The van der Waals surface area contributed by atoms with Gasteiger partial charge in [-0.2, -0.15) is 0 Å². The normalized spacial score (nSPS) is 15.1. The maximum atomic E-state index is 13.5. The zero-order chi connectivity index (χ0) is 11.0. The van der Waals surface area contributed by atoms with Crippen LogP contribution >= 0.6 is 11.6 Å². The van der Waals surface area contributed by atoms with Crippen LogP contribution in [0, 0.1) is 15.9 Å². The van der Waals surface area contributed by atoms with Crippen LogP contribution < -0.4 is 5.32 Å². The number of anilines is 1. The van der Waals surface area contributed by atoms with Gasteiger partial charge in [0.2, 0.25) is 0 Å². The van der Waals surface area contributed by atoms with Crippen molar-refractivity contribution in [3.8, 4) is 0 Å². The number of hydrogen-bond acceptors (Lipinski definition) is 3. The standard InChI is InChI=1S/C9H8ClFN2O2/c10-6-3-4-7(13(14)15)9(8(6)11)12-5-1-2-5/h3-5,12H,1-2H2. The average molecular weight is 231 g/mol. The zero-order valence-corrected chi connectivity index (χ0v) is 8.42. The van der Waals surface area contributed by atoms with E-state index in [1.807, 2.05) is 0 Å². The zero-order valence-electron chi connectivity index (χ0n) is 7.67. The summed E-state index contributed by atoms with van der Waals surface area (Å²) in [6, 6.07) is 2.53. The van der Waals surface area contributed by atoms with E-state index in [1.54, 1.807) is 0 Å². The van der Waals surface area contributed by atoms with Gasteiger partial charge >= 0.3 is 0 Å².